The summed E-state index contributed by atoms with van der Waals surface area (Å²) in [4.78, 5) is 11.7. The van der Waals surface area contributed by atoms with Crippen LogP contribution < -0.4 is 5.32 Å². The average molecular weight is 344 g/mol. The Labute approximate surface area is 142 Å². The molecular weight excluding hydrogens is 330 g/mol. The fourth-order valence-corrected chi connectivity index (χ4v) is 2.13. The standard InChI is InChI=1S/C18H14F2N2O3/c19-13-7-5-12(6-8-13)17-9-14(22-25-17)10-24-11-18(23)21-16-4-2-1-3-15(16)20/h1-9H,10-11H2,(H,21,23). The Balaban J connectivity index is 1.50. The molecule has 0 fully saturated rings. The van der Waals surface area contributed by atoms with Gasteiger partial charge in [-0.15, -0.1) is 0 Å². The molecule has 0 atom stereocenters. The second kappa shape index (κ2) is 7.67. The van der Waals surface area contributed by atoms with Gasteiger partial charge in [0.25, 0.3) is 0 Å². The molecule has 3 rings (SSSR count). The fraction of sp³-hybridized carbons (Fsp3) is 0.111. The number of para-hydroxylation sites is 1. The third-order valence-electron chi connectivity index (χ3n) is 3.32. The normalized spacial score (nSPS) is 10.6. The van der Waals surface area contributed by atoms with E-state index in [2.05, 4.69) is 10.5 Å². The van der Waals surface area contributed by atoms with Crippen LogP contribution in [-0.4, -0.2) is 17.7 Å². The number of benzene rings is 2. The summed E-state index contributed by atoms with van der Waals surface area (Å²) in [5.74, 6) is -0.870. The van der Waals surface area contributed by atoms with Gasteiger partial charge in [0.2, 0.25) is 5.91 Å². The van der Waals surface area contributed by atoms with Crippen LogP contribution in [0.25, 0.3) is 11.3 Å². The SMILES string of the molecule is O=C(COCc1cc(-c2ccc(F)cc2)on1)Nc1ccccc1F. The Morgan fingerprint density at radius 1 is 1.12 bits per heavy atom. The van der Waals surface area contributed by atoms with Crippen molar-refractivity contribution < 1.29 is 22.8 Å². The van der Waals surface area contributed by atoms with Gasteiger partial charge >= 0.3 is 0 Å². The van der Waals surface area contributed by atoms with E-state index in [1.165, 1.54) is 30.3 Å². The molecule has 0 saturated heterocycles. The number of anilines is 1. The number of halogens is 2. The highest BCUT2D eigenvalue weighted by Gasteiger charge is 2.09. The van der Waals surface area contributed by atoms with Gasteiger partial charge in [0.05, 0.1) is 12.3 Å². The Kier molecular flexibility index (Phi) is 5.15. The third-order valence-corrected chi connectivity index (χ3v) is 3.32. The van der Waals surface area contributed by atoms with Crippen LogP contribution in [0.1, 0.15) is 5.69 Å². The Hall–Kier alpha value is -3.06. The van der Waals surface area contributed by atoms with E-state index in [4.69, 9.17) is 9.26 Å². The van der Waals surface area contributed by atoms with E-state index in [1.54, 1.807) is 24.3 Å². The van der Waals surface area contributed by atoms with Crippen LogP contribution in [0.2, 0.25) is 0 Å². The molecule has 0 aliphatic heterocycles. The van der Waals surface area contributed by atoms with Crippen molar-refractivity contribution in [3.63, 3.8) is 0 Å². The Bertz CT molecular complexity index is 863. The quantitative estimate of drug-likeness (QED) is 0.739. The van der Waals surface area contributed by atoms with Crippen molar-refractivity contribution in [2.75, 3.05) is 11.9 Å². The fourth-order valence-electron chi connectivity index (χ4n) is 2.13. The minimum absolute atomic E-state index is 0.0510. The summed E-state index contributed by atoms with van der Waals surface area (Å²) in [6.07, 6.45) is 0. The van der Waals surface area contributed by atoms with Gasteiger partial charge in [0.15, 0.2) is 5.76 Å². The zero-order valence-corrected chi connectivity index (χ0v) is 13.0. The van der Waals surface area contributed by atoms with Gasteiger partial charge in [0.1, 0.15) is 23.9 Å². The van der Waals surface area contributed by atoms with E-state index in [1.807, 2.05) is 0 Å². The summed E-state index contributed by atoms with van der Waals surface area (Å²) in [5, 5.41) is 6.24. The summed E-state index contributed by atoms with van der Waals surface area (Å²) in [7, 11) is 0. The van der Waals surface area contributed by atoms with Gasteiger partial charge in [0, 0.05) is 11.6 Å². The minimum atomic E-state index is -0.517. The van der Waals surface area contributed by atoms with Crippen LogP contribution in [0, 0.1) is 11.6 Å². The van der Waals surface area contributed by atoms with Crippen LogP contribution in [0.3, 0.4) is 0 Å². The van der Waals surface area contributed by atoms with E-state index in [0.29, 0.717) is 17.0 Å². The number of rotatable bonds is 6. The number of aromatic nitrogens is 1. The van der Waals surface area contributed by atoms with Crippen LogP contribution in [0.15, 0.2) is 59.1 Å². The summed E-state index contributed by atoms with van der Waals surface area (Å²) in [5.41, 5.74) is 1.26. The lowest BCUT2D eigenvalue weighted by Crippen LogP contribution is -2.18. The van der Waals surface area contributed by atoms with Gasteiger partial charge in [-0.25, -0.2) is 8.78 Å². The lowest BCUT2D eigenvalue weighted by Gasteiger charge is -2.06. The number of nitrogens with zero attached hydrogens (tertiary/aromatic N) is 1. The molecule has 1 amide bonds. The molecule has 0 aliphatic rings. The summed E-state index contributed by atoms with van der Waals surface area (Å²) >= 11 is 0. The summed E-state index contributed by atoms with van der Waals surface area (Å²) < 4.78 is 36.7. The van der Waals surface area contributed by atoms with Crippen molar-refractivity contribution in [1.82, 2.24) is 5.16 Å². The van der Waals surface area contributed by atoms with Gasteiger partial charge in [-0.3, -0.25) is 4.79 Å². The number of ether oxygens (including phenoxy) is 1. The smallest absolute Gasteiger partial charge is 0.250 e. The van der Waals surface area contributed by atoms with E-state index in [-0.39, 0.29) is 24.7 Å². The van der Waals surface area contributed by atoms with E-state index < -0.39 is 11.7 Å². The molecule has 0 aliphatic carbocycles. The maximum atomic E-state index is 13.4. The highest BCUT2D eigenvalue weighted by Crippen LogP contribution is 2.20. The molecule has 5 nitrogen and oxygen atoms in total. The molecule has 1 aromatic heterocycles. The highest BCUT2D eigenvalue weighted by atomic mass is 19.1. The van der Waals surface area contributed by atoms with Crippen molar-refractivity contribution in [2.24, 2.45) is 0 Å². The molecule has 0 radical (unpaired) electrons. The number of carbonyl (C=O) groups excluding carboxylic acids is 1. The van der Waals surface area contributed by atoms with Gasteiger partial charge in [-0.2, -0.15) is 0 Å². The predicted molar refractivity (Wildman–Crippen MR) is 86.6 cm³/mol. The van der Waals surface area contributed by atoms with E-state index in [9.17, 15) is 13.6 Å². The minimum Gasteiger partial charge on any atom is -0.365 e. The molecule has 0 unspecified atom stereocenters. The molecule has 3 aromatic rings. The summed E-state index contributed by atoms with van der Waals surface area (Å²) in [6, 6.07) is 13.3. The molecule has 1 heterocycles. The number of carbonyl (C=O) groups is 1. The van der Waals surface area contributed by atoms with Gasteiger partial charge in [-0.1, -0.05) is 17.3 Å². The molecule has 7 heteroatoms. The van der Waals surface area contributed by atoms with Crippen LogP contribution in [0.5, 0.6) is 0 Å². The third kappa shape index (κ3) is 4.48. The van der Waals surface area contributed by atoms with Crippen molar-refractivity contribution in [3.05, 3.63) is 71.9 Å². The number of hydrogen-bond acceptors (Lipinski definition) is 4. The Morgan fingerprint density at radius 2 is 1.88 bits per heavy atom. The first-order valence-electron chi connectivity index (χ1n) is 7.45. The summed E-state index contributed by atoms with van der Waals surface area (Å²) in [6.45, 7) is -0.206. The van der Waals surface area contributed by atoms with E-state index in [0.717, 1.165) is 0 Å². The number of nitrogens with one attached hydrogen (secondary N) is 1. The number of amides is 1. The van der Waals surface area contributed by atoms with Gasteiger partial charge in [-0.05, 0) is 36.4 Å². The second-order valence-corrected chi connectivity index (χ2v) is 5.21. The highest BCUT2D eigenvalue weighted by molar-refractivity contribution is 5.91. The first-order valence-corrected chi connectivity index (χ1v) is 7.45. The monoisotopic (exact) mass is 344 g/mol. The molecule has 128 valence electrons. The Morgan fingerprint density at radius 3 is 2.64 bits per heavy atom. The first kappa shape index (κ1) is 16.8. The molecule has 25 heavy (non-hydrogen) atoms. The van der Waals surface area contributed by atoms with Crippen LogP contribution in [0.4, 0.5) is 14.5 Å². The van der Waals surface area contributed by atoms with E-state index >= 15 is 0 Å². The average Bonchev–Trinajstić information content (AvgIpc) is 3.06. The molecule has 0 saturated carbocycles. The maximum Gasteiger partial charge on any atom is 0.250 e. The molecular formula is C18H14F2N2O3. The lowest BCUT2D eigenvalue weighted by atomic mass is 10.1. The zero-order chi connectivity index (χ0) is 17.6. The van der Waals surface area contributed by atoms with Crippen molar-refractivity contribution in [2.45, 2.75) is 6.61 Å². The lowest BCUT2D eigenvalue weighted by molar-refractivity contribution is -0.121. The molecule has 2 aromatic carbocycles. The van der Waals surface area contributed by atoms with Crippen molar-refractivity contribution >= 4 is 11.6 Å². The van der Waals surface area contributed by atoms with Crippen LogP contribution in [-0.2, 0) is 16.1 Å². The molecule has 1 N–H and O–H groups in total. The van der Waals surface area contributed by atoms with Crippen molar-refractivity contribution in [3.8, 4) is 11.3 Å². The van der Waals surface area contributed by atoms with Gasteiger partial charge < -0.3 is 14.6 Å². The second-order valence-electron chi connectivity index (χ2n) is 5.21. The number of hydrogen-bond donors (Lipinski definition) is 1. The topological polar surface area (TPSA) is 64.4 Å². The first-order chi connectivity index (χ1) is 12.1. The molecule has 0 bridgehead atoms. The van der Waals surface area contributed by atoms with Crippen molar-refractivity contribution in [1.29, 1.82) is 0 Å². The van der Waals surface area contributed by atoms with Crippen LogP contribution >= 0.6 is 0 Å². The predicted octanol–water partition coefficient (Wildman–Crippen LogP) is 3.78. The zero-order valence-electron chi connectivity index (χ0n) is 13.0. The molecule has 0 spiro atoms. The largest absolute Gasteiger partial charge is 0.365 e. The maximum absolute atomic E-state index is 13.4.